The lowest BCUT2D eigenvalue weighted by molar-refractivity contribution is 0.0678. The van der Waals surface area contributed by atoms with Gasteiger partial charge >= 0.3 is 0 Å². The van der Waals surface area contributed by atoms with Crippen LogP contribution in [0.1, 0.15) is 28.1 Å². The number of aryl methyl sites for hydroxylation is 1. The van der Waals surface area contributed by atoms with Gasteiger partial charge in [-0.15, -0.1) is 11.3 Å². The minimum absolute atomic E-state index is 0.184. The van der Waals surface area contributed by atoms with Crippen LogP contribution in [-0.4, -0.2) is 44.6 Å². The predicted molar refractivity (Wildman–Crippen MR) is 95.7 cm³/mol. The number of piperidine rings is 1. The average molecular weight is 332 g/mol. The minimum Gasteiger partial charge on any atom is -0.497 e. The normalized spacial score (nSPS) is 18.4. The Morgan fingerprint density at radius 3 is 3.04 bits per heavy atom. The molecule has 23 heavy (non-hydrogen) atoms. The van der Waals surface area contributed by atoms with Crippen molar-refractivity contribution in [1.82, 2.24) is 10.2 Å². The molecule has 1 aromatic heterocycles. The number of hydrogen-bond acceptors (Lipinski definition) is 4. The number of hydrogen-bond donors (Lipinski definition) is 1. The standard InChI is InChI=1S/C18H24N2O2S/c1-12-15-9-14(22-3)6-7-16(15)23-17(12)18(21)20-8-4-5-13(11-20)10-19-2/h6-7,9,13,19H,4-5,8,10-11H2,1-3H3/t13-/m0/s1. The third-order valence-electron chi connectivity index (χ3n) is 4.64. The van der Waals surface area contributed by atoms with Crippen LogP contribution in [0.5, 0.6) is 5.75 Å². The zero-order valence-corrected chi connectivity index (χ0v) is 14.8. The van der Waals surface area contributed by atoms with Crippen molar-refractivity contribution >= 4 is 27.3 Å². The molecular weight excluding hydrogens is 308 g/mol. The summed E-state index contributed by atoms with van der Waals surface area (Å²) in [5.74, 6) is 1.58. The van der Waals surface area contributed by atoms with Gasteiger partial charge in [-0.3, -0.25) is 4.79 Å². The van der Waals surface area contributed by atoms with Crippen LogP contribution in [0.15, 0.2) is 18.2 Å². The maximum atomic E-state index is 13.0. The Hall–Kier alpha value is -1.59. The number of carbonyl (C=O) groups is 1. The number of methoxy groups -OCH3 is 1. The summed E-state index contributed by atoms with van der Waals surface area (Å²) in [6.07, 6.45) is 2.29. The van der Waals surface area contributed by atoms with Gasteiger partial charge in [-0.2, -0.15) is 0 Å². The Kier molecular flexibility index (Phi) is 4.87. The highest BCUT2D eigenvalue weighted by molar-refractivity contribution is 7.21. The van der Waals surface area contributed by atoms with Gasteiger partial charge in [0, 0.05) is 17.8 Å². The molecule has 1 aliphatic heterocycles. The lowest BCUT2D eigenvalue weighted by Crippen LogP contribution is -2.42. The summed E-state index contributed by atoms with van der Waals surface area (Å²) in [4.78, 5) is 15.9. The topological polar surface area (TPSA) is 41.6 Å². The molecule has 0 bridgehead atoms. The molecular formula is C18H24N2O2S. The molecule has 0 aliphatic carbocycles. The van der Waals surface area contributed by atoms with Crippen molar-refractivity contribution < 1.29 is 9.53 Å². The molecule has 1 aliphatic rings. The first-order valence-corrected chi connectivity index (χ1v) is 8.96. The molecule has 5 heteroatoms. The Morgan fingerprint density at radius 1 is 1.48 bits per heavy atom. The highest BCUT2D eigenvalue weighted by Gasteiger charge is 2.26. The van der Waals surface area contributed by atoms with E-state index in [9.17, 15) is 4.79 Å². The fourth-order valence-electron chi connectivity index (χ4n) is 3.38. The second-order valence-electron chi connectivity index (χ2n) is 6.24. The first-order chi connectivity index (χ1) is 11.1. The molecule has 1 amide bonds. The van der Waals surface area contributed by atoms with Crippen molar-refractivity contribution in [2.75, 3.05) is 33.8 Å². The number of benzene rings is 1. The van der Waals surface area contributed by atoms with Crippen LogP contribution >= 0.6 is 11.3 Å². The first kappa shape index (κ1) is 16.3. The highest BCUT2D eigenvalue weighted by Crippen LogP contribution is 2.34. The van der Waals surface area contributed by atoms with E-state index >= 15 is 0 Å². The second kappa shape index (κ2) is 6.89. The van der Waals surface area contributed by atoms with Gasteiger partial charge in [0.15, 0.2) is 0 Å². The van der Waals surface area contributed by atoms with E-state index in [4.69, 9.17) is 4.74 Å². The molecule has 1 atom stereocenters. The molecule has 4 nitrogen and oxygen atoms in total. The number of fused-ring (bicyclic) bond motifs is 1. The molecule has 1 fully saturated rings. The van der Waals surface area contributed by atoms with Crippen LogP contribution in [0.4, 0.5) is 0 Å². The molecule has 3 rings (SSSR count). The Morgan fingerprint density at radius 2 is 2.30 bits per heavy atom. The molecule has 124 valence electrons. The lowest BCUT2D eigenvalue weighted by Gasteiger charge is -2.32. The number of carbonyl (C=O) groups excluding carboxylic acids is 1. The van der Waals surface area contributed by atoms with Gasteiger partial charge in [0.1, 0.15) is 5.75 Å². The largest absolute Gasteiger partial charge is 0.497 e. The number of ether oxygens (including phenoxy) is 1. The first-order valence-electron chi connectivity index (χ1n) is 8.15. The molecule has 0 saturated carbocycles. The van der Waals surface area contributed by atoms with E-state index in [2.05, 4.69) is 5.32 Å². The van der Waals surface area contributed by atoms with Crippen LogP contribution in [0, 0.1) is 12.8 Å². The van der Waals surface area contributed by atoms with E-state index in [1.807, 2.05) is 37.1 Å². The Labute approximate surface area is 141 Å². The highest BCUT2D eigenvalue weighted by atomic mass is 32.1. The number of amides is 1. The lowest BCUT2D eigenvalue weighted by atomic mass is 9.97. The summed E-state index contributed by atoms with van der Waals surface area (Å²) in [5.41, 5.74) is 1.07. The van der Waals surface area contributed by atoms with Gasteiger partial charge in [-0.25, -0.2) is 0 Å². The van der Waals surface area contributed by atoms with Crippen molar-refractivity contribution in [2.24, 2.45) is 5.92 Å². The zero-order valence-electron chi connectivity index (χ0n) is 14.0. The second-order valence-corrected chi connectivity index (χ2v) is 7.29. The number of nitrogens with one attached hydrogen (secondary N) is 1. The number of thiophene rings is 1. The molecule has 1 saturated heterocycles. The minimum atomic E-state index is 0.184. The van der Waals surface area contributed by atoms with Crippen molar-refractivity contribution in [2.45, 2.75) is 19.8 Å². The van der Waals surface area contributed by atoms with Gasteiger partial charge in [0.25, 0.3) is 5.91 Å². The van der Waals surface area contributed by atoms with E-state index in [1.54, 1.807) is 18.4 Å². The average Bonchev–Trinajstić information content (AvgIpc) is 2.91. The van der Waals surface area contributed by atoms with Crippen LogP contribution in [0.25, 0.3) is 10.1 Å². The third kappa shape index (κ3) is 3.21. The maximum Gasteiger partial charge on any atom is 0.264 e. The number of nitrogens with zero attached hydrogens (tertiary/aromatic N) is 1. The SMILES string of the molecule is CNC[C@@H]1CCCN(C(=O)c2sc3ccc(OC)cc3c2C)C1. The summed E-state index contributed by atoms with van der Waals surface area (Å²) in [6, 6.07) is 6.02. The summed E-state index contributed by atoms with van der Waals surface area (Å²) >= 11 is 1.60. The molecule has 1 N–H and O–H groups in total. The van der Waals surface area contributed by atoms with E-state index in [1.165, 1.54) is 6.42 Å². The van der Waals surface area contributed by atoms with Crippen molar-refractivity contribution in [3.63, 3.8) is 0 Å². The van der Waals surface area contributed by atoms with Crippen molar-refractivity contribution in [3.05, 3.63) is 28.6 Å². The summed E-state index contributed by atoms with van der Waals surface area (Å²) in [6.45, 7) is 4.75. The number of likely N-dealkylation sites (tertiary alicyclic amines) is 1. The Balaban J connectivity index is 1.87. The third-order valence-corrected chi connectivity index (χ3v) is 5.90. The van der Waals surface area contributed by atoms with E-state index in [-0.39, 0.29) is 5.91 Å². The predicted octanol–water partition coefficient (Wildman–Crippen LogP) is 3.29. The van der Waals surface area contributed by atoms with E-state index in [0.717, 1.165) is 52.3 Å². The quantitative estimate of drug-likeness (QED) is 0.934. The molecule has 0 spiro atoms. The number of rotatable bonds is 4. The van der Waals surface area contributed by atoms with Gasteiger partial charge in [-0.05, 0) is 68.4 Å². The Bertz CT molecular complexity index is 708. The smallest absolute Gasteiger partial charge is 0.264 e. The summed E-state index contributed by atoms with van der Waals surface area (Å²) in [5, 5.41) is 4.36. The zero-order chi connectivity index (χ0) is 16.4. The molecule has 2 aromatic rings. The fourth-order valence-corrected chi connectivity index (χ4v) is 4.54. The van der Waals surface area contributed by atoms with Crippen LogP contribution < -0.4 is 10.1 Å². The van der Waals surface area contributed by atoms with Gasteiger partial charge < -0.3 is 15.0 Å². The fraction of sp³-hybridized carbons (Fsp3) is 0.500. The van der Waals surface area contributed by atoms with E-state index in [0.29, 0.717) is 5.92 Å². The summed E-state index contributed by atoms with van der Waals surface area (Å²) in [7, 11) is 3.65. The molecule has 0 radical (unpaired) electrons. The monoisotopic (exact) mass is 332 g/mol. The summed E-state index contributed by atoms with van der Waals surface area (Å²) < 4.78 is 6.46. The van der Waals surface area contributed by atoms with Crippen LogP contribution in [-0.2, 0) is 0 Å². The van der Waals surface area contributed by atoms with Gasteiger partial charge in [0.05, 0.1) is 12.0 Å². The molecule has 1 aromatic carbocycles. The van der Waals surface area contributed by atoms with Gasteiger partial charge in [0.2, 0.25) is 0 Å². The van der Waals surface area contributed by atoms with Gasteiger partial charge in [-0.1, -0.05) is 0 Å². The molecule has 0 unspecified atom stereocenters. The van der Waals surface area contributed by atoms with Crippen LogP contribution in [0.2, 0.25) is 0 Å². The molecule has 2 heterocycles. The van der Waals surface area contributed by atoms with Crippen molar-refractivity contribution in [3.8, 4) is 5.75 Å². The van der Waals surface area contributed by atoms with Crippen molar-refractivity contribution in [1.29, 1.82) is 0 Å². The maximum absolute atomic E-state index is 13.0. The van der Waals surface area contributed by atoms with E-state index < -0.39 is 0 Å². The van der Waals surface area contributed by atoms with Crippen LogP contribution in [0.3, 0.4) is 0 Å².